The van der Waals surface area contributed by atoms with E-state index < -0.39 is 5.97 Å². The molecule has 6 nitrogen and oxygen atoms in total. The Morgan fingerprint density at radius 2 is 2.22 bits per heavy atom. The number of carbonyl (C=O) groups is 2. The van der Waals surface area contributed by atoms with E-state index in [1.165, 1.54) is 18.3 Å². The number of carboxylic acids is 1. The van der Waals surface area contributed by atoms with Crippen molar-refractivity contribution in [3.05, 3.63) is 34.2 Å². The van der Waals surface area contributed by atoms with E-state index in [2.05, 4.69) is 4.98 Å². The fraction of sp³-hybridized carbons (Fsp3) is 0.417. The smallest absolute Gasteiger partial charge is 0.303 e. The van der Waals surface area contributed by atoms with Crippen molar-refractivity contribution in [2.24, 2.45) is 5.92 Å². The predicted octanol–water partition coefficient (Wildman–Crippen LogP) is 0.312. The Kier molecular flexibility index (Phi) is 3.45. The van der Waals surface area contributed by atoms with E-state index in [9.17, 15) is 14.4 Å². The average molecular weight is 250 g/mol. The molecule has 0 aromatic carbocycles. The van der Waals surface area contributed by atoms with E-state index in [1.807, 2.05) is 0 Å². The first-order valence-corrected chi connectivity index (χ1v) is 5.76. The van der Waals surface area contributed by atoms with E-state index in [0.717, 1.165) is 0 Å². The van der Waals surface area contributed by atoms with E-state index in [0.29, 0.717) is 25.1 Å². The predicted molar refractivity (Wildman–Crippen MR) is 63.3 cm³/mol. The molecule has 2 N–H and O–H groups in total. The monoisotopic (exact) mass is 250 g/mol. The van der Waals surface area contributed by atoms with Gasteiger partial charge >= 0.3 is 5.97 Å². The van der Waals surface area contributed by atoms with E-state index >= 15 is 0 Å². The summed E-state index contributed by atoms with van der Waals surface area (Å²) in [5.41, 5.74) is 0.169. The molecule has 1 aliphatic rings. The Morgan fingerprint density at radius 3 is 2.83 bits per heavy atom. The number of rotatable bonds is 3. The maximum atomic E-state index is 12.0. The van der Waals surface area contributed by atoms with Gasteiger partial charge in [0, 0.05) is 31.8 Å². The van der Waals surface area contributed by atoms with Gasteiger partial charge in [0.05, 0.1) is 5.56 Å². The third kappa shape index (κ3) is 2.77. The number of aromatic amines is 1. The summed E-state index contributed by atoms with van der Waals surface area (Å²) in [6.45, 7) is 1.03. The third-order valence-corrected chi connectivity index (χ3v) is 3.07. The molecule has 1 atom stereocenters. The molecule has 1 saturated heterocycles. The summed E-state index contributed by atoms with van der Waals surface area (Å²) in [5.74, 6) is -0.980. The minimum Gasteiger partial charge on any atom is -0.481 e. The normalized spacial score (nSPS) is 18.9. The van der Waals surface area contributed by atoms with Gasteiger partial charge in [-0.15, -0.1) is 0 Å². The Balaban J connectivity index is 2.01. The first-order chi connectivity index (χ1) is 8.56. The van der Waals surface area contributed by atoms with Crippen LogP contribution in [-0.4, -0.2) is 40.0 Å². The van der Waals surface area contributed by atoms with Crippen LogP contribution in [0.5, 0.6) is 0 Å². The van der Waals surface area contributed by atoms with Crippen molar-refractivity contribution in [1.82, 2.24) is 9.88 Å². The SMILES string of the molecule is O=C(O)CC1CCN(C(=O)c2ccc(=O)[nH]c2)C1. The fourth-order valence-electron chi connectivity index (χ4n) is 2.16. The highest BCUT2D eigenvalue weighted by atomic mass is 16.4. The molecule has 1 unspecified atom stereocenters. The van der Waals surface area contributed by atoms with E-state index in [-0.39, 0.29) is 23.8 Å². The summed E-state index contributed by atoms with van der Waals surface area (Å²) < 4.78 is 0. The van der Waals surface area contributed by atoms with Gasteiger partial charge in [-0.25, -0.2) is 0 Å². The molecule has 0 bridgehead atoms. The van der Waals surface area contributed by atoms with Gasteiger partial charge in [0.25, 0.3) is 5.91 Å². The number of amides is 1. The number of carboxylic acid groups (broad SMARTS) is 1. The maximum absolute atomic E-state index is 12.0. The zero-order valence-corrected chi connectivity index (χ0v) is 9.76. The topological polar surface area (TPSA) is 90.5 Å². The first kappa shape index (κ1) is 12.3. The van der Waals surface area contributed by atoms with Crippen LogP contribution in [0.3, 0.4) is 0 Å². The van der Waals surface area contributed by atoms with Gasteiger partial charge in [-0.05, 0) is 18.4 Å². The van der Waals surface area contributed by atoms with E-state index in [4.69, 9.17) is 5.11 Å². The number of nitrogens with zero attached hydrogens (tertiary/aromatic N) is 1. The summed E-state index contributed by atoms with van der Waals surface area (Å²) in [7, 11) is 0. The molecule has 1 aromatic heterocycles. The van der Waals surface area contributed by atoms with Crippen molar-refractivity contribution in [1.29, 1.82) is 0 Å². The minimum absolute atomic E-state index is 0.0224. The lowest BCUT2D eigenvalue weighted by molar-refractivity contribution is -0.138. The molecule has 0 spiro atoms. The Bertz CT molecular complexity index is 503. The molecular weight excluding hydrogens is 236 g/mol. The maximum Gasteiger partial charge on any atom is 0.303 e. The van der Waals surface area contributed by atoms with Gasteiger partial charge in [0.15, 0.2) is 0 Å². The average Bonchev–Trinajstić information content (AvgIpc) is 2.76. The van der Waals surface area contributed by atoms with Crippen LogP contribution < -0.4 is 5.56 Å². The number of hydrogen-bond donors (Lipinski definition) is 2. The summed E-state index contributed by atoms with van der Waals surface area (Å²) in [6, 6.07) is 2.78. The Hall–Kier alpha value is -2.11. The second kappa shape index (κ2) is 5.03. The van der Waals surface area contributed by atoms with Crippen LogP contribution in [0.4, 0.5) is 0 Å². The molecule has 0 radical (unpaired) electrons. The number of likely N-dealkylation sites (tertiary alicyclic amines) is 1. The van der Waals surface area contributed by atoms with Crippen LogP contribution in [0.1, 0.15) is 23.2 Å². The second-order valence-corrected chi connectivity index (χ2v) is 4.45. The number of aromatic nitrogens is 1. The van der Waals surface area contributed by atoms with Crippen LogP contribution in [-0.2, 0) is 4.79 Å². The molecule has 0 saturated carbocycles. The molecule has 1 amide bonds. The number of H-pyrrole nitrogens is 1. The summed E-state index contributed by atoms with van der Waals surface area (Å²) in [5, 5.41) is 8.70. The van der Waals surface area contributed by atoms with Crippen LogP contribution in [0.15, 0.2) is 23.1 Å². The molecular formula is C12H14N2O4. The van der Waals surface area contributed by atoms with Gasteiger partial charge < -0.3 is 15.0 Å². The van der Waals surface area contributed by atoms with E-state index in [1.54, 1.807) is 4.90 Å². The van der Waals surface area contributed by atoms with Crippen LogP contribution >= 0.6 is 0 Å². The largest absolute Gasteiger partial charge is 0.481 e. The van der Waals surface area contributed by atoms with Gasteiger partial charge in [0.1, 0.15) is 0 Å². The van der Waals surface area contributed by atoms with Crippen molar-refractivity contribution >= 4 is 11.9 Å². The van der Waals surface area contributed by atoms with Gasteiger partial charge in [0.2, 0.25) is 5.56 Å². The molecule has 1 aromatic rings. The minimum atomic E-state index is -0.835. The fourth-order valence-corrected chi connectivity index (χ4v) is 2.16. The molecule has 2 heterocycles. The molecule has 0 aliphatic carbocycles. The Labute approximate surface area is 103 Å². The molecule has 1 fully saturated rings. The number of nitrogens with one attached hydrogen (secondary N) is 1. The van der Waals surface area contributed by atoms with Crippen LogP contribution in [0.25, 0.3) is 0 Å². The van der Waals surface area contributed by atoms with Crippen molar-refractivity contribution < 1.29 is 14.7 Å². The van der Waals surface area contributed by atoms with Crippen molar-refractivity contribution in [3.8, 4) is 0 Å². The molecule has 6 heteroatoms. The van der Waals surface area contributed by atoms with Crippen LogP contribution in [0, 0.1) is 5.92 Å². The number of carbonyl (C=O) groups excluding carboxylic acids is 1. The van der Waals surface area contributed by atoms with Crippen molar-refractivity contribution in [2.75, 3.05) is 13.1 Å². The highest BCUT2D eigenvalue weighted by Gasteiger charge is 2.28. The molecule has 18 heavy (non-hydrogen) atoms. The van der Waals surface area contributed by atoms with Gasteiger partial charge in [-0.1, -0.05) is 0 Å². The van der Waals surface area contributed by atoms with Crippen molar-refractivity contribution in [2.45, 2.75) is 12.8 Å². The highest BCUT2D eigenvalue weighted by molar-refractivity contribution is 5.94. The summed E-state index contributed by atoms with van der Waals surface area (Å²) in [6.07, 6.45) is 2.19. The molecule has 96 valence electrons. The number of hydrogen-bond acceptors (Lipinski definition) is 3. The zero-order chi connectivity index (χ0) is 13.1. The second-order valence-electron chi connectivity index (χ2n) is 4.45. The van der Waals surface area contributed by atoms with Crippen molar-refractivity contribution in [3.63, 3.8) is 0 Å². The third-order valence-electron chi connectivity index (χ3n) is 3.07. The summed E-state index contributed by atoms with van der Waals surface area (Å²) >= 11 is 0. The zero-order valence-electron chi connectivity index (χ0n) is 9.76. The Morgan fingerprint density at radius 1 is 1.44 bits per heavy atom. The van der Waals surface area contributed by atoms with Crippen LogP contribution in [0.2, 0.25) is 0 Å². The molecule has 1 aliphatic heterocycles. The first-order valence-electron chi connectivity index (χ1n) is 5.76. The standard InChI is InChI=1S/C12H14N2O4/c15-10-2-1-9(6-13-10)12(18)14-4-3-8(7-14)5-11(16)17/h1-2,6,8H,3-5,7H2,(H,13,15)(H,16,17). The van der Waals surface area contributed by atoms with Gasteiger partial charge in [-0.3, -0.25) is 14.4 Å². The lowest BCUT2D eigenvalue weighted by Crippen LogP contribution is -2.29. The number of pyridine rings is 1. The molecule has 2 rings (SSSR count). The number of aliphatic carboxylic acids is 1. The quantitative estimate of drug-likeness (QED) is 0.807. The highest BCUT2D eigenvalue weighted by Crippen LogP contribution is 2.21. The van der Waals surface area contributed by atoms with Gasteiger partial charge in [-0.2, -0.15) is 0 Å². The summed E-state index contributed by atoms with van der Waals surface area (Å²) in [4.78, 5) is 37.6. The lowest BCUT2D eigenvalue weighted by atomic mass is 10.1. The lowest BCUT2D eigenvalue weighted by Gasteiger charge is -2.15.